The Hall–Kier alpha value is -1.40. The lowest BCUT2D eigenvalue weighted by Crippen LogP contribution is -2.43. The van der Waals surface area contributed by atoms with E-state index in [1.807, 2.05) is 4.68 Å². The second kappa shape index (κ2) is 5.93. The van der Waals surface area contributed by atoms with E-state index in [1.165, 1.54) is 5.69 Å². The molecule has 0 atom stereocenters. The number of ether oxygens (including phenoxy) is 1. The summed E-state index contributed by atoms with van der Waals surface area (Å²) in [7, 11) is 0. The summed E-state index contributed by atoms with van der Waals surface area (Å²) < 4.78 is 7.45. The van der Waals surface area contributed by atoms with E-state index >= 15 is 0 Å². The number of fused-ring (bicyclic) bond motifs is 1. The van der Waals surface area contributed by atoms with Crippen molar-refractivity contribution in [1.82, 2.24) is 14.7 Å². The molecule has 6 nitrogen and oxygen atoms in total. The van der Waals surface area contributed by atoms with Crippen molar-refractivity contribution < 1.29 is 14.6 Å². The van der Waals surface area contributed by atoms with Crippen LogP contribution in [0.4, 0.5) is 0 Å². The van der Waals surface area contributed by atoms with Crippen LogP contribution in [0.15, 0.2) is 6.07 Å². The van der Waals surface area contributed by atoms with E-state index in [9.17, 15) is 4.79 Å². The summed E-state index contributed by atoms with van der Waals surface area (Å²) in [6.45, 7) is 4.58. The number of aryl methyl sites for hydroxylation is 1. The fourth-order valence-electron chi connectivity index (χ4n) is 3.07. The van der Waals surface area contributed by atoms with Crippen molar-refractivity contribution in [3.05, 3.63) is 17.5 Å². The van der Waals surface area contributed by atoms with Gasteiger partial charge in [0.2, 0.25) is 0 Å². The van der Waals surface area contributed by atoms with Crippen molar-refractivity contribution in [2.75, 3.05) is 19.8 Å². The largest absolute Gasteiger partial charge is 0.481 e. The van der Waals surface area contributed by atoms with Crippen LogP contribution < -0.4 is 0 Å². The first-order valence-electron chi connectivity index (χ1n) is 7.31. The second-order valence-electron chi connectivity index (χ2n) is 5.56. The molecule has 1 aromatic rings. The molecule has 0 saturated carbocycles. The van der Waals surface area contributed by atoms with Gasteiger partial charge < -0.3 is 9.84 Å². The Morgan fingerprint density at radius 2 is 2.20 bits per heavy atom. The van der Waals surface area contributed by atoms with E-state index in [1.54, 1.807) is 0 Å². The molecule has 0 radical (unpaired) electrons. The van der Waals surface area contributed by atoms with Crippen LogP contribution in [0.25, 0.3) is 0 Å². The van der Waals surface area contributed by atoms with Crippen LogP contribution in [0.3, 0.4) is 0 Å². The molecular weight excluding hydrogens is 258 g/mol. The van der Waals surface area contributed by atoms with E-state index in [2.05, 4.69) is 16.1 Å². The van der Waals surface area contributed by atoms with Gasteiger partial charge in [-0.15, -0.1) is 0 Å². The zero-order chi connectivity index (χ0) is 13.9. The number of carboxylic acids is 1. The summed E-state index contributed by atoms with van der Waals surface area (Å²) in [5.41, 5.74) is 2.11. The van der Waals surface area contributed by atoms with Crippen LogP contribution >= 0.6 is 0 Å². The van der Waals surface area contributed by atoms with Gasteiger partial charge in [-0.3, -0.25) is 14.4 Å². The van der Waals surface area contributed by atoms with Crippen LogP contribution in [0.2, 0.25) is 0 Å². The predicted molar refractivity (Wildman–Crippen MR) is 72.4 cm³/mol. The lowest BCUT2D eigenvalue weighted by molar-refractivity contribution is -0.136. The molecule has 0 aliphatic carbocycles. The minimum atomic E-state index is -0.764. The molecular formula is C14H21N3O3. The van der Waals surface area contributed by atoms with Gasteiger partial charge in [-0.25, -0.2) is 0 Å². The first kappa shape index (κ1) is 13.6. The summed E-state index contributed by atoms with van der Waals surface area (Å²) in [5, 5.41) is 13.2. The molecule has 1 aromatic heterocycles. The highest BCUT2D eigenvalue weighted by atomic mass is 16.5. The number of rotatable bonds is 4. The Morgan fingerprint density at radius 1 is 1.40 bits per heavy atom. The standard InChI is InChI=1S/C14H21N3O3/c18-14(19)2-1-11-9-13-10-16(5-6-17(13)15-11)12-3-7-20-8-4-12/h9,12H,1-8,10H2,(H,18,19). The van der Waals surface area contributed by atoms with Gasteiger partial charge in [0.05, 0.1) is 24.4 Å². The molecule has 0 spiro atoms. The van der Waals surface area contributed by atoms with Crippen LogP contribution in [0.5, 0.6) is 0 Å². The number of hydrogen-bond acceptors (Lipinski definition) is 4. The van der Waals surface area contributed by atoms with Crippen LogP contribution in [0.1, 0.15) is 30.7 Å². The molecule has 0 amide bonds. The van der Waals surface area contributed by atoms with E-state index in [-0.39, 0.29) is 6.42 Å². The van der Waals surface area contributed by atoms with Gasteiger partial charge in [0, 0.05) is 38.8 Å². The third kappa shape index (κ3) is 3.02. The number of nitrogens with zero attached hydrogens (tertiary/aromatic N) is 3. The highest BCUT2D eigenvalue weighted by molar-refractivity contribution is 5.66. The number of aliphatic carboxylic acids is 1. The Balaban J connectivity index is 1.63. The molecule has 110 valence electrons. The summed E-state index contributed by atoms with van der Waals surface area (Å²) >= 11 is 0. The number of hydrogen-bond donors (Lipinski definition) is 1. The molecule has 2 aliphatic heterocycles. The zero-order valence-corrected chi connectivity index (χ0v) is 11.6. The van der Waals surface area contributed by atoms with Gasteiger partial charge in [-0.2, -0.15) is 5.10 Å². The summed E-state index contributed by atoms with van der Waals surface area (Å²) in [6.07, 6.45) is 2.90. The first-order chi connectivity index (χ1) is 9.72. The quantitative estimate of drug-likeness (QED) is 0.886. The monoisotopic (exact) mass is 279 g/mol. The van der Waals surface area contributed by atoms with E-state index < -0.39 is 5.97 Å². The van der Waals surface area contributed by atoms with Gasteiger partial charge in [-0.05, 0) is 18.9 Å². The molecule has 6 heteroatoms. The minimum absolute atomic E-state index is 0.153. The average Bonchev–Trinajstić information content (AvgIpc) is 2.88. The number of carboxylic acid groups (broad SMARTS) is 1. The van der Waals surface area contributed by atoms with Gasteiger partial charge >= 0.3 is 5.97 Å². The van der Waals surface area contributed by atoms with Crippen molar-refractivity contribution in [3.63, 3.8) is 0 Å². The maximum Gasteiger partial charge on any atom is 0.303 e. The number of carbonyl (C=O) groups is 1. The second-order valence-corrected chi connectivity index (χ2v) is 5.56. The molecule has 0 bridgehead atoms. The predicted octanol–water partition coefficient (Wildman–Crippen LogP) is 0.895. The fraction of sp³-hybridized carbons (Fsp3) is 0.714. The van der Waals surface area contributed by atoms with Gasteiger partial charge in [-0.1, -0.05) is 0 Å². The van der Waals surface area contributed by atoms with Crippen molar-refractivity contribution in [3.8, 4) is 0 Å². The Bertz CT molecular complexity index is 480. The summed E-state index contributed by atoms with van der Waals surface area (Å²) in [4.78, 5) is 13.1. The molecule has 1 saturated heterocycles. The van der Waals surface area contributed by atoms with Gasteiger partial charge in [0.25, 0.3) is 0 Å². The minimum Gasteiger partial charge on any atom is -0.481 e. The Labute approximate surface area is 118 Å². The third-order valence-electron chi connectivity index (χ3n) is 4.18. The van der Waals surface area contributed by atoms with Crippen molar-refractivity contribution in [2.24, 2.45) is 0 Å². The number of aromatic nitrogens is 2. The van der Waals surface area contributed by atoms with Crippen LogP contribution in [-0.2, 0) is 29.0 Å². The lowest BCUT2D eigenvalue weighted by atomic mass is 10.1. The molecule has 1 N–H and O–H groups in total. The topological polar surface area (TPSA) is 67.6 Å². The highest BCUT2D eigenvalue weighted by Gasteiger charge is 2.26. The molecule has 3 rings (SSSR count). The van der Waals surface area contributed by atoms with Crippen LogP contribution in [0, 0.1) is 0 Å². The van der Waals surface area contributed by atoms with E-state index in [0.717, 1.165) is 51.4 Å². The van der Waals surface area contributed by atoms with Crippen LogP contribution in [-0.4, -0.2) is 51.6 Å². The normalized spacial score (nSPS) is 20.8. The zero-order valence-electron chi connectivity index (χ0n) is 11.6. The highest BCUT2D eigenvalue weighted by Crippen LogP contribution is 2.21. The first-order valence-corrected chi connectivity index (χ1v) is 7.31. The SMILES string of the molecule is O=C(O)CCc1cc2n(n1)CCN(C1CCOCC1)C2. The summed E-state index contributed by atoms with van der Waals surface area (Å²) in [6, 6.07) is 2.68. The maximum absolute atomic E-state index is 10.6. The lowest BCUT2D eigenvalue weighted by Gasteiger charge is -2.36. The molecule has 0 aromatic carbocycles. The maximum atomic E-state index is 10.6. The third-order valence-corrected chi connectivity index (χ3v) is 4.18. The molecule has 20 heavy (non-hydrogen) atoms. The van der Waals surface area contributed by atoms with Gasteiger partial charge in [0.1, 0.15) is 0 Å². The smallest absolute Gasteiger partial charge is 0.303 e. The summed E-state index contributed by atoms with van der Waals surface area (Å²) in [5.74, 6) is -0.764. The molecule has 2 aliphatic rings. The fourth-order valence-corrected chi connectivity index (χ4v) is 3.07. The Kier molecular flexibility index (Phi) is 4.03. The molecule has 3 heterocycles. The van der Waals surface area contributed by atoms with E-state index in [0.29, 0.717) is 12.5 Å². The van der Waals surface area contributed by atoms with Gasteiger partial charge in [0.15, 0.2) is 0 Å². The van der Waals surface area contributed by atoms with E-state index in [4.69, 9.17) is 9.84 Å². The van der Waals surface area contributed by atoms with Crippen molar-refractivity contribution in [1.29, 1.82) is 0 Å². The molecule has 1 fully saturated rings. The Morgan fingerprint density at radius 3 is 2.95 bits per heavy atom. The van der Waals surface area contributed by atoms with Crippen molar-refractivity contribution in [2.45, 2.75) is 44.8 Å². The average molecular weight is 279 g/mol. The molecule has 0 unspecified atom stereocenters. The van der Waals surface area contributed by atoms with Crippen molar-refractivity contribution >= 4 is 5.97 Å².